The van der Waals surface area contributed by atoms with Gasteiger partial charge in [-0.3, -0.25) is 14.9 Å². The molecule has 1 N–H and O–H groups in total. The summed E-state index contributed by atoms with van der Waals surface area (Å²) in [6.07, 6.45) is -3.16. The Kier molecular flexibility index (Phi) is 6.89. The number of aryl methyl sites for hydroxylation is 1. The Balaban J connectivity index is 1.85. The zero-order chi connectivity index (χ0) is 23.5. The molecule has 3 rings (SSSR count). The number of benzene rings is 2. The SMILES string of the molecule is Cn1cnnc1Sc1ccc(C(=O)Nc2cc(Cl)ccc2OCC(F)(F)F)cc1[N+](=O)[O-]. The summed E-state index contributed by atoms with van der Waals surface area (Å²) in [6.45, 7) is -1.57. The van der Waals surface area contributed by atoms with E-state index < -0.39 is 23.6 Å². The van der Waals surface area contributed by atoms with Crippen LogP contribution in [-0.4, -0.2) is 38.4 Å². The maximum Gasteiger partial charge on any atom is 0.422 e. The van der Waals surface area contributed by atoms with Gasteiger partial charge in [-0.2, -0.15) is 13.2 Å². The van der Waals surface area contributed by atoms with Crippen LogP contribution in [0.15, 0.2) is 52.8 Å². The first kappa shape index (κ1) is 23.3. The number of anilines is 1. The predicted molar refractivity (Wildman–Crippen MR) is 109 cm³/mol. The average molecular weight is 488 g/mol. The summed E-state index contributed by atoms with van der Waals surface area (Å²) in [5.41, 5.74) is -0.571. The molecule has 0 aliphatic heterocycles. The molecule has 9 nitrogen and oxygen atoms in total. The highest BCUT2D eigenvalue weighted by atomic mass is 35.5. The third-order valence-electron chi connectivity index (χ3n) is 3.87. The summed E-state index contributed by atoms with van der Waals surface area (Å²) in [6, 6.07) is 7.43. The lowest BCUT2D eigenvalue weighted by atomic mass is 10.2. The number of halogens is 4. The summed E-state index contributed by atoms with van der Waals surface area (Å²) >= 11 is 6.86. The third kappa shape index (κ3) is 5.88. The molecular weight excluding hydrogens is 475 g/mol. The van der Waals surface area contributed by atoms with Crippen molar-refractivity contribution >= 4 is 40.6 Å². The maximum absolute atomic E-state index is 12.6. The predicted octanol–water partition coefficient (Wildman–Crippen LogP) is 4.72. The molecule has 1 amide bonds. The fraction of sp³-hybridized carbons (Fsp3) is 0.167. The van der Waals surface area contributed by atoms with Gasteiger partial charge in [-0.25, -0.2) is 0 Å². The van der Waals surface area contributed by atoms with Crippen LogP contribution in [0.1, 0.15) is 10.4 Å². The Labute approximate surface area is 187 Å². The normalized spacial score (nSPS) is 11.3. The molecule has 0 aliphatic carbocycles. The van der Waals surface area contributed by atoms with Crippen LogP contribution in [0.25, 0.3) is 0 Å². The van der Waals surface area contributed by atoms with E-state index >= 15 is 0 Å². The lowest BCUT2D eigenvalue weighted by Gasteiger charge is -2.14. The van der Waals surface area contributed by atoms with Gasteiger partial charge >= 0.3 is 6.18 Å². The Bertz CT molecular complexity index is 1170. The second kappa shape index (κ2) is 9.44. The minimum absolute atomic E-state index is 0.0965. The van der Waals surface area contributed by atoms with Crippen molar-refractivity contribution in [3.63, 3.8) is 0 Å². The summed E-state index contributed by atoms with van der Waals surface area (Å²) in [4.78, 5) is 23.7. The molecule has 32 heavy (non-hydrogen) atoms. The number of ether oxygens (including phenoxy) is 1. The highest BCUT2D eigenvalue weighted by molar-refractivity contribution is 7.99. The van der Waals surface area contributed by atoms with Crippen molar-refractivity contribution in [2.75, 3.05) is 11.9 Å². The number of hydrogen-bond donors (Lipinski definition) is 1. The van der Waals surface area contributed by atoms with E-state index in [1.54, 1.807) is 11.6 Å². The van der Waals surface area contributed by atoms with E-state index in [0.29, 0.717) is 5.16 Å². The van der Waals surface area contributed by atoms with Gasteiger partial charge in [0.2, 0.25) is 0 Å². The molecule has 0 spiro atoms. The van der Waals surface area contributed by atoms with Gasteiger partial charge in [0.25, 0.3) is 11.6 Å². The lowest BCUT2D eigenvalue weighted by Crippen LogP contribution is -2.20. The van der Waals surface area contributed by atoms with Crippen LogP contribution in [0.2, 0.25) is 5.02 Å². The smallest absolute Gasteiger partial charge is 0.422 e. The van der Waals surface area contributed by atoms with Gasteiger partial charge in [0.15, 0.2) is 11.8 Å². The molecule has 0 unspecified atom stereocenters. The van der Waals surface area contributed by atoms with Crippen molar-refractivity contribution in [3.8, 4) is 5.75 Å². The molecule has 0 atom stereocenters. The second-order valence-corrected chi connectivity index (χ2v) is 7.71. The van der Waals surface area contributed by atoms with E-state index in [-0.39, 0.29) is 32.6 Å². The molecule has 0 bridgehead atoms. The van der Waals surface area contributed by atoms with Crippen molar-refractivity contribution in [2.24, 2.45) is 7.05 Å². The molecule has 0 radical (unpaired) electrons. The number of nitro benzene ring substituents is 1. The van der Waals surface area contributed by atoms with Gasteiger partial charge in [-0.05, 0) is 42.1 Å². The van der Waals surface area contributed by atoms with Crippen LogP contribution < -0.4 is 10.1 Å². The number of carbonyl (C=O) groups is 1. The number of nitro groups is 1. The minimum Gasteiger partial charge on any atom is -0.482 e. The fourth-order valence-electron chi connectivity index (χ4n) is 2.43. The first-order chi connectivity index (χ1) is 15.0. The van der Waals surface area contributed by atoms with Crippen LogP contribution in [0, 0.1) is 10.1 Å². The molecule has 0 saturated carbocycles. The van der Waals surface area contributed by atoms with E-state index in [9.17, 15) is 28.1 Å². The van der Waals surface area contributed by atoms with Crippen LogP contribution in [0.4, 0.5) is 24.5 Å². The zero-order valence-corrected chi connectivity index (χ0v) is 17.7. The van der Waals surface area contributed by atoms with E-state index in [1.165, 1.54) is 36.7 Å². The molecule has 1 aromatic heterocycles. The quantitative estimate of drug-likeness (QED) is 0.379. The Hall–Kier alpha value is -3.32. The molecule has 2 aromatic carbocycles. The standard InChI is InChI=1S/C18H13ClF3N5O4S/c1-26-9-23-25-17(26)32-15-5-2-10(6-13(15)27(29)30)16(28)24-12-7-11(19)3-4-14(12)31-8-18(20,21)22/h2-7,9H,8H2,1H3,(H,24,28). The summed E-state index contributed by atoms with van der Waals surface area (Å²) < 4.78 is 43.7. The minimum atomic E-state index is -4.59. The average Bonchev–Trinajstić information content (AvgIpc) is 3.11. The number of aromatic nitrogens is 3. The molecular formula is C18H13ClF3N5O4S. The van der Waals surface area contributed by atoms with E-state index in [1.807, 2.05) is 0 Å². The molecule has 1 heterocycles. The summed E-state index contributed by atoms with van der Waals surface area (Å²) in [5, 5.41) is 22.0. The van der Waals surface area contributed by atoms with Gasteiger partial charge in [-0.1, -0.05) is 11.6 Å². The Morgan fingerprint density at radius 3 is 2.69 bits per heavy atom. The van der Waals surface area contributed by atoms with Gasteiger partial charge in [0.05, 0.1) is 15.5 Å². The highest BCUT2D eigenvalue weighted by Crippen LogP contribution is 2.35. The fourth-order valence-corrected chi connectivity index (χ4v) is 3.45. The topological polar surface area (TPSA) is 112 Å². The first-order valence-electron chi connectivity index (χ1n) is 8.64. The van der Waals surface area contributed by atoms with Crippen LogP contribution in [0.5, 0.6) is 5.75 Å². The number of rotatable bonds is 7. The number of hydrogen-bond acceptors (Lipinski definition) is 7. The number of amides is 1. The first-order valence-corrected chi connectivity index (χ1v) is 9.83. The maximum atomic E-state index is 12.6. The number of alkyl halides is 3. The lowest BCUT2D eigenvalue weighted by molar-refractivity contribution is -0.387. The largest absolute Gasteiger partial charge is 0.482 e. The van der Waals surface area contributed by atoms with Crippen molar-refractivity contribution in [3.05, 3.63) is 63.4 Å². The van der Waals surface area contributed by atoms with Crippen molar-refractivity contribution in [1.29, 1.82) is 0 Å². The van der Waals surface area contributed by atoms with Gasteiger partial charge < -0.3 is 14.6 Å². The molecule has 168 valence electrons. The number of nitrogens with one attached hydrogen (secondary N) is 1. The number of nitrogens with zero attached hydrogens (tertiary/aromatic N) is 4. The molecule has 0 fully saturated rings. The zero-order valence-electron chi connectivity index (χ0n) is 16.1. The van der Waals surface area contributed by atoms with Crippen LogP contribution >= 0.6 is 23.4 Å². The van der Waals surface area contributed by atoms with Crippen molar-refractivity contribution in [1.82, 2.24) is 14.8 Å². The Morgan fingerprint density at radius 1 is 1.31 bits per heavy atom. The Morgan fingerprint density at radius 2 is 2.06 bits per heavy atom. The van der Waals surface area contributed by atoms with Crippen LogP contribution in [-0.2, 0) is 7.05 Å². The van der Waals surface area contributed by atoms with E-state index in [2.05, 4.69) is 15.5 Å². The summed E-state index contributed by atoms with van der Waals surface area (Å²) in [7, 11) is 1.67. The van der Waals surface area contributed by atoms with Crippen molar-refractivity contribution in [2.45, 2.75) is 16.2 Å². The number of carbonyl (C=O) groups excluding carboxylic acids is 1. The molecule has 3 aromatic rings. The molecule has 14 heteroatoms. The highest BCUT2D eigenvalue weighted by Gasteiger charge is 2.29. The van der Waals surface area contributed by atoms with E-state index in [0.717, 1.165) is 17.8 Å². The third-order valence-corrected chi connectivity index (χ3v) is 5.22. The van der Waals surface area contributed by atoms with E-state index in [4.69, 9.17) is 16.3 Å². The van der Waals surface area contributed by atoms with Gasteiger partial charge in [0, 0.05) is 23.7 Å². The van der Waals surface area contributed by atoms with Gasteiger partial charge in [-0.15, -0.1) is 10.2 Å². The van der Waals surface area contributed by atoms with Crippen molar-refractivity contribution < 1.29 is 27.6 Å². The monoisotopic (exact) mass is 487 g/mol. The van der Waals surface area contributed by atoms with Gasteiger partial charge in [0.1, 0.15) is 12.1 Å². The second-order valence-electron chi connectivity index (χ2n) is 6.26. The molecule has 0 aliphatic rings. The van der Waals surface area contributed by atoms with Crippen LogP contribution in [0.3, 0.4) is 0 Å². The molecule has 0 saturated heterocycles. The summed E-state index contributed by atoms with van der Waals surface area (Å²) in [5.74, 6) is -1.06.